The van der Waals surface area contributed by atoms with Gasteiger partial charge in [0.05, 0.1) is 15.6 Å². The van der Waals surface area contributed by atoms with Gasteiger partial charge in [0.15, 0.2) is 0 Å². The number of carbonyl (C=O) groups excluding carboxylic acids is 2. The molecule has 0 aromatic heterocycles. The molecule has 1 atom stereocenters. The van der Waals surface area contributed by atoms with Crippen LogP contribution in [0.3, 0.4) is 0 Å². The molecule has 44 heavy (non-hydrogen) atoms. The monoisotopic (exact) mass is 715 g/mol. The van der Waals surface area contributed by atoms with Crippen LogP contribution in [0, 0.1) is 0 Å². The van der Waals surface area contributed by atoms with E-state index in [-0.39, 0.29) is 45.5 Å². The first-order valence-corrected chi connectivity index (χ1v) is 16.9. The standard InChI is InChI=1S/C33H32BrCl2N3O4S/c1-23(2)37-33(41)31(19-24-9-5-3-6-10-24)38(21-25-13-15-26(34)16-14-25)32(40)22-39(30-20-27(35)17-18-29(30)36)44(42,43)28-11-7-4-8-12-28/h3-18,20,23,31H,19,21-22H2,1-2H3,(H,37,41)/t31-/m0/s1. The summed E-state index contributed by atoms with van der Waals surface area (Å²) in [6, 6.07) is 27.8. The average Bonchev–Trinajstić information content (AvgIpc) is 3.00. The molecule has 0 saturated heterocycles. The molecule has 0 aliphatic carbocycles. The highest BCUT2D eigenvalue weighted by Gasteiger charge is 2.35. The Morgan fingerprint density at radius 3 is 2.07 bits per heavy atom. The van der Waals surface area contributed by atoms with Crippen molar-refractivity contribution in [3.05, 3.63) is 129 Å². The number of hydrogen-bond donors (Lipinski definition) is 1. The second kappa shape index (κ2) is 15.1. The van der Waals surface area contributed by atoms with Gasteiger partial charge in [0.1, 0.15) is 12.6 Å². The summed E-state index contributed by atoms with van der Waals surface area (Å²) in [5, 5.41) is 3.28. The van der Waals surface area contributed by atoms with Crippen molar-refractivity contribution in [3.63, 3.8) is 0 Å². The molecule has 0 saturated carbocycles. The first-order chi connectivity index (χ1) is 21.0. The number of amides is 2. The first-order valence-electron chi connectivity index (χ1n) is 13.9. The van der Waals surface area contributed by atoms with Crippen LogP contribution in [0.2, 0.25) is 10.0 Å². The van der Waals surface area contributed by atoms with E-state index in [4.69, 9.17) is 23.2 Å². The van der Waals surface area contributed by atoms with Gasteiger partial charge < -0.3 is 10.2 Å². The van der Waals surface area contributed by atoms with Crippen LogP contribution in [-0.2, 0) is 32.6 Å². The summed E-state index contributed by atoms with van der Waals surface area (Å²) in [4.78, 5) is 29.6. The zero-order chi connectivity index (χ0) is 31.9. The van der Waals surface area contributed by atoms with Gasteiger partial charge in [-0.1, -0.05) is 99.8 Å². The Morgan fingerprint density at radius 2 is 1.45 bits per heavy atom. The highest BCUT2D eigenvalue weighted by Crippen LogP contribution is 2.33. The smallest absolute Gasteiger partial charge is 0.264 e. The third-order valence-electron chi connectivity index (χ3n) is 6.76. The number of sulfonamides is 1. The summed E-state index contributed by atoms with van der Waals surface area (Å²) >= 11 is 16.2. The molecule has 1 N–H and O–H groups in total. The van der Waals surface area contributed by atoms with E-state index in [1.165, 1.54) is 35.2 Å². The van der Waals surface area contributed by atoms with Crippen molar-refractivity contribution < 1.29 is 18.0 Å². The summed E-state index contributed by atoms with van der Waals surface area (Å²) in [6.45, 7) is 3.10. The summed E-state index contributed by atoms with van der Waals surface area (Å²) in [5.41, 5.74) is 1.65. The number of halogens is 3. The van der Waals surface area contributed by atoms with Crippen LogP contribution < -0.4 is 9.62 Å². The lowest BCUT2D eigenvalue weighted by atomic mass is 10.0. The summed E-state index contributed by atoms with van der Waals surface area (Å²) in [7, 11) is -4.29. The van der Waals surface area contributed by atoms with Crippen molar-refractivity contribution in [2.24, 2.45) is 0 Å². The van der Waals surface area contributed by atoms with E-state index in [0.717, 1.165) is 19.9 Å². The van der Waals surface area contributed by atoms with Gasteiger partial charge >= 0.3 is 0 Å². The predicted molar refractivity (Wildman–Crippen MR) is 179 cm³/mol. The molecule has 230 valence electrons. The van der Waals surface area contributed by atoms with Crippen molar-refractivity contribution in [2.75, 3.05) is 10.8 Å². The third kappa shape index (κ3) is 8.63. The Balaban J connectivity index is 1.82. The van der Waals surface area contributed by atoms with Crippen LogP contribution in [0.25, 0.3) is 0 Å². The lowest BCUT2D eigenvalue weighted by Crippen LogP contribution is -2.54. The van der Waals surface area contributed by atoms with Crippen LogP contribution in [0.15, 0.2) is 112 Å². The lowest BCUT2D eigenvalue weighted by molar-refractivity contribution is -0.140. The van der Waals surface area contributed by atoms with Crippen LogP contribution >= 0.6 is 39.1 Å². The Kier molecular flexibility index (Phi) is 11.5. The molecule has 0 bridgehead atoms. The van der Waals surface area contributed by atoms with Gasteiger partial charge in [-0.2, -0.15) is 0 Å². The highest BCUT2D eigenvalue weighted by atomic mass is 79.9. The van der Waals surface area contributed by atoms with Gasteiger partial charge in [0.2, 0.25) is 11.8 Å². The Morgan fingerprint density at radius 1 is 0.841 bits per heavy atom. The molecule has 0 aliphatic heterocycles. The van der Waals surface area contributed by atoms with E-state index in [2.05, 4.69) is 21.2 Å². The van der Waals surface area contributed by atoms with E-state index in [1.54, 1.807) is 18.2 Å². The Hall–Kier alpha value is -3.37. The van der Waals surface area contributed by atoms with E-state index in [9.17, 15) is 18.0 Å². The van der Waals surface area contributed by atoms with E-state index < -0.39 is 28.5 Å². The van der Waals surface area contributed by atoms with Crippen LogP contribution in [-0.4, -0.2) is 43.8 Å². The van der Waals surface area contributed by atoms with Gasteiger partial charge in [-0.05, 0) is 67.4 Å². The molecule has 11 heteroatoms. The summed E-state index contributed by atoms with van der Waals surface area (Å²) in [5.74, 6) is -0.948. The van der Waals surface area contributed by atoms with Gasteiger partial charge in [-0.25, -0.2) is 8.42 Å². The number of rotatable bonds is 12. The van der Waals surface area contributed by atoms with Gasteiger partial charge in [0.25, 0.3) is 10.0 Å². The molecule has 2 amide bonds. The number of nitrogens with zero attached hydrogens (tertiary/aromatic N) is 2. The van der Waals surface area contributed by atoms with Crippen molar-refractivity contribution in [3.8, 4) is 0 Å². The minimum atomic E-state index is -4.29. The van der Waals surface area contributed by atoms with Gasteiger partial charge in [-0.15, -0.1) is 0 Å². The zero-order valence-electron chi connectivity index (χ0n) is 24.2. The molecule has 0 spiro atoms. The minimum absolute atomic E-state index is 0.0262. The SMILES string of the molecule is CC(C)NC(=O)[C@H](Cc1ccccc1)N(Cc1ccc(Br)cc1)C(=O)CN(c1cc(Cl)ccc1Cl)S(=O)(=O)c1ccccc1. The Labute approximate surface area is 277 Å². The minimum Gasteiger partial charge on any atom is -0.352 e. The van der Waals surface area contributed by atoms with Crippen LogP contribution in [0.5, 0.6) is 0 Å². The maximum Gasteiger partial charge on any atom is 0.264 e. The van der Waals surface area contributed by atoms with E-state index in [1.807, 2.05) is 68.4 Å². The largest absolute Gasteiger partial charge is 0.352 e. The fourth-order valence-electron chi connectivity index (χ4n) is 4.63. The average molecular weight is 718 g/mol. The molecule has 4 aromatic rings. The molecular weight excluding hydrogens is 685 g/mol. The molecule has 7 nitrogen and oxygen atoms in total. The maximum atomic E-state index is 14.4. The fraction of sp³-hybridized carbons (Fsp3) is 0.212. The predicted octanol–water partition coefficient (Wildman–Crippen LogP) is 7.12. The van der Waals surface area contributed by atoms with E-state index >= 15 is 0 Å². The second-order valence-electron chi connectivity index (χ2n) is 10.4. The molecule has 4 rings (SSSR count). The molecule has 0 unspecified atom stereocenters. The molecule has 0 aliphatic rings. The van der Waals surface area contributed by atoms with Crippen molar-refractivity contribution in [1.82, 2.24) is 10.2 Å². The maximum absolute atomic E-state index is 14.4. The Bertz CT molecular complexity index is 1690. The molecule has 0 radical (unpaired) electrons. The number of anilines is 1. The highest BCUT2D eigenvalue weighted by molar-refractivity contribution is 9.10. The van der Waals surface area contributed by atoms with Crippen molar-refractivity contribution in [1.29, 1.82) is 0 Å². The molecular formula is C33H32BrCl2N3O4S. The quantitative estimate of drug-likeness (QED) is 0.169. The summed E-state index contributed by atoms with van der Waals surface area (Å²) in [6.07, 6.45) is 0.213. The molecule has 0 fully saturated rings. The number of carbonyl (C=O) groups is 2. The molecule has 4 aromatic carbocycles. The van der Waals surface area contributed by atoms with Gasteiger partial charge in [-0.3, -0.25) is 13.9 Å². The topological polar surface area (TPSA) is 86.8 Å². The number of benzene rings is 4. The van der Waals surface area contributed by atoms with Crippen LogP contribution in [0.4, 0.5) is 5.69 Å². The lowest BCUT2D eigenvalue weighted by Gasteiger charge is -2.34. The zero-order valence-corrected chi connectivity index (χ0v) is 28.1. The second-order valence-corrected chi connectivity index (χ2v) is 14.1. The van der Waals surface area contributed by atoms with E-state index in [0.29, 0.717) is 0 Å². The van der Waals surface area contributed by atoms with Gasteiger partial charge in [0, 0.05) is 28.5 Å². The number of nitrogens with one attached hydrogen (secondary N) is 1. The third-order valence-corrected chi connectivity index (χ3v) is 9.61. The van der Waals surface area contributed by atoms with Crippen molar-refractivity contribution >= 4 is 66.7 Å². The number of hydrogen-bond acceptors (Lipinski definition) is 4. The summed E-state index contributed by atoms with van der Waals surface area (Å²) < 4.78 is 29.9. The first kappa shape index (κ1) is 33.5. The fourth-order valence-corrected chi connectivity index (χ4v) is 6.78. The molecule has 0 heterocycles. The van der Waals surface area contributed by atoms with Crippen molar-refractivity contribution in [2.45, 2.75) is 43.8 Å². The van der Waals surface area contributed by atoms with Crippen LogP contribution in [0.1, 0.15) is 25.0 Å². The normalized spacial score (nSPS) is 12.0.